The largest absolute Gasteiger partial charge is 0.383 e. The van der Waals surface area contributed by atoms with Crippen LogP contribution in [0, 0.1) is 12.8 Å². The predicted octanol–water partition coefficient (Wildman–Crippen LogP) is 5.17. The molecular formula is C26H35N3O2. The molecule has 0 saturated heterocycles. The number of nitrogens with zero attached hydrogens (tertiary/aromatic N) is 3. The number of rotatable bonds is 9. The Bertz CT molecular complexity index is 1040. The molecule has 0 saturated carbocycles. The van der Waals surface area contributed by atoms with Gasteiger partial charge in [0.25, 0.3) is 0 Å². The van der Waals surface area contributed by atoms with Gasteiger partial charge in [0.15, 0.2) is 0 Å². The molecule has 166 valence electrons. The maximum Gasteiger partial charge on any atom is 0.247 e. The number of amides is 1. The summed E-state index contributed by atoms with van der Waals surface area (Å²) < 4.78 is 7.53. The SMILES string of the molecule is CCc1cccc(C)c1N(C(=O)Cn1c(CC(C)C)nc2ccccc21)[C@H](C)COC. The summed E-state index contributed by atoms with van der Waals surface area (Å²) in [6, 6.07) is 14.2. The second kappa shape index (κ2) is 10.1. The first kappa shape index (κ1) is 23.0. The molecule has 0 aliphatic heterocycles. The Labute approximate surface area is 186 Å². The van der Waals surface area contributed by atoms with E-state index in [2.05, 4.69) is 50.5 Å². The Kier molecular flexibility index (Phi) is 7.50. The van der Waals surface area contributed by atoms with Crippen LogP contribution in [0.4, 0.5) is 5.69 Å². The average molecular weight is 422 g/mol. The van der Waals surface area contributed by atoms with Gasteiger partial charge < -0.3 is 14.2 Å². The van der Waals surface area contributed by atoms with Gasteiger partial charge in [0, 0.05) is 13.5 Å². The van der Waals surface area contributed by atoms with Crippen molar-refractivity contribution < 1.29 is 9.53 Å². The zero-order valence-electron chi connectivity index (χ0n) is 19.7. The number of benzene rings is 2. The number of aryl methyl sites for hydroxylation is 2. The van der Waals surface area contributed by atoms with Crippen LogP contribution >= 0.6 is 0 Å². The lowest BCUT2D eigenvalue weighted by molar-refractivity contribution is -0.119. The minimum absolute atomic E-state index is 0.0571. The molecule has 31 heavy (non-hydrogen) atoms. The Morgan fingerprint density at radius 2 is 1.87 bits per heavy atom. The van der Waals surface area contributed by atoms with Gasteiger partial charge >= 0.3 is 0 Å². The van der Waals surface area contributed by atoms with E-state index in [0.717, 1.165) is 41.0 Å². The van der Waals surface area contributed by atoms with Crippen LogP contribution in [-0.4, -0.2) is 35.2 Å². The molecule has 5 heteroatoms. The first-order chi connectivity index (χ1) is 14.9. The number of carbonyl (C=O) groups is 1. The Morgan fingerprint density at radius 1 is 1.13 bits per heavy atom. The lowest BCUT2D eigenvalue weighted by Gasteiger charge is -2.32. The average Bonchev–Trinajstić information content (AvgIpc) is 3.06. The van der Waals surface area contributed by atoms with Gasteiger partial charge in [-0.3, -0.25) is 4.79 Å². The minimum Gasteiger partial charge on any atom is -0.383 e. The fraction of sp³-hybridized carbons (Fsp3) is 0.462. The first-order valence-electron chi connectivity index (χ1n) is 11.2. The minimum atomic E-state index is -0.0766. The van der Waals surface area contributed by atoms with Crippen molar-refractivity contribution >= 4 is 22.6 Å². The third kappa shape index (κ3) is 4.99. The Balaban J connectivity index is 2.06. The van der Waals surface area contributed by atoms with Crippen LogP contribution in [0.2, 0.25) is 0 Å². The number of aromatic nitrogens is 2. The van der Waals surface area contributed by atoms with Crippen molar-refractivity contribution in [1.29, 1.82) is 0 Å². The second-order valence-corrected chi connectivity index (χ2v) is 8.71. The molecule has 3 rings (SSSR count). The number of fused-ring (bicyclic) bond motifs is 1. The summed E-state index contributed by atoms with van der Waals surface area (Å²) in [7, 11) is 1.68. The van der Waals surface area contributed by atoms with Gasteiger partial charge in [0.1, 0.15) is 12.4 Å². The van der Waals surface area contributed by atoms with Crippen LogP contribution in [0.5, 0.6) is 0 Å². The maximum absolute atomic E-state index is 13.9. The number of hydrogen-bond acceptors (Lipinski definition) is 3. The molecule has 3 aromatic rings. The highest BCUT2D eigenvalue weighted by atomic mass is 16.5. The van der Waals surface area contributed by atoms with E-state index in [0.29, 0.717) is 12.5 Å². The van der Waals surface area contributed by atoms with Gasteiger partial charge in [-0.1, -0.05) is 51.1 Å². The maximum atomic E-state index is 13.9. The number of methoxy groups -OCH3 is 1. The van der Waals surface area contributed by atoms with Gasteiger partial charge in [0.2, 0.25) is 5.91 Å². The van der Waals surface area contributed by atoms with Gasteiger partial charge in [-0.25, -0.2) is 4.98 Å². The highest BCUT2D eigenvalue weighted by Crippen LogP contribution is 2.29. The molecule has 1 aromatic heterocycles. The molecular weight excluding hydrogens is 386 g/mol. The molecule has 0 radical (unpaired) electrons. The van der Waals surface area contributed by atoms with Crippen molar-refractivity contribution in [3.05, 3.63) is 59.4 Å². The first-order valence-corrected chi connectivity index (χ1v) is 11.2. The molecule has 1 amide bonds. The molecule has 0 N–H and O–H groups in total. The molecule has 0 bridgehead atoms. The molecule has 2 aromatic carbocycles. The van der Waals surface area contributed by atoms with Crippen molar-refractivity contribution in [1.82, 2.24) is 9.55 Å². The summed E-state index contributed by atoms with van der Waals surface area (Å²) in [5.41, 5.74) is 5.23. The van der Waals surface area contributed by atoms with E-state index in [-0.39, 0.29) is 18.5 Å². The predicted molar refractivity (Wildman–Crippen MR) is 128 cm³/mol. The highest BCUT2D eigenvalue weighted by Gasteiger charge is 2.27. The topological polar surface area (TPSA) is 47.4 Å². The summed E-state index contributed by atoms with van der Waals surface area (Å²) in [5.74, 6) is 1.48. The van der Waals surface area contributed by atoms with Crippen molar-refractivity contribution in [3.63, 3.8) is 0 Å². The second-order valence-electron chi connectivity index (χ2n) is 8.71. The summed E-state index contributed by atoms with van der Waals surface area (Å²) in [4.78, 5) is 20.6. The van der Waals surface area contributed by atoms with Crippen LogP contribution in [-0.2, 0) is 28.9 Å². The summed E-state index contributed by atoms with van der Waals surface area (Å²) >= 11 is 0. The van der Waals surface area contributed by atoms with Crippen LogP contribution in [0.15, 0.2) is 42.5 Å². The lowest BCUT2D eigenvalue weighted by atomic mass is 10.0. The van der Waals surface area contributed by atoms with Crippen molar-refractivity contribution in [2.24, 2.45) is 5.92 Å². The van der Waals surface area contributed by atoms with Crippen molar-refractivity contribution in [2.75, 3.05) is 18.6 Å². The number of para-hydroxylation sites is 3. The zero-order chi connectivity index (χ0) is 22.5. The molecule has 0 fully saturated rings. The molecule has 1 atom stereocenters. The molecule has 1 heterocycles. The monoisotopic (exact) mass is 421 g/mol. The fourth-order valence-electron chi connectivity index (χ4n) is 4.29. The third-order valence-corrected chi connectivity index (χ3v) is 5.68. The Morgan fingerprint density at radius 3 is 2.55 bits per heavy atom. The lowest BCUT2D eigenvalue weighted by Crippen LogP contribution is -2.44. The van der Waals surface area contributed by atoms with Crippen LogP contribution < -0.4 is 4.90 Å². The van der Waals surface area contributed by atoms with E-state index < -0.39 is 0 Å². The standard InChI is InChI=1S/C26H35N3O2/c1-7-21-12-10-11-19(4)26(21)29(20(5)17-31-6)25(30)16-28-23-14-9-8-13-22(23)27-24(28)15-18(2)3/h8-14,18,20H,7,15-17H2,1-6H3/t20-/m1/s1. The highest BCUT2D eigenvalue weighted by molar-refractivity contribution is 5.96. The number of anilines is 1. The van der Waals surface area contributed by atoms with E-state index in [4.69, 9.17) is 9.72 Å². The van der Waals surface area contributed by atoms with E-state index in [1.165, 1.54) is 5.56 Å². The summed E-state index contributed by atoms with van der Waals surface area (Å²) in [6.07, 6.45) is 1.70. The number of carbonyl (C=O) groups excluding carboxylic acids is 1. The smallest absolute Gasteiger partial charge is 0.247 e. The fourth-order valence-corrected chi connectivity index (χ4v) is 4.29. The van der Waals surface area contributed by atoms with Gasteiger partial charge in [-0.15, -0.1) is 0 Å². The molecule has 5 nitrogen and oxygen atoms in total. The molecule has 0 spiro atoms. The van der Waals surface area contributed by atoms with Gasteiger partial charge in [-0.2, -0.15) is 0 Å². The van der Waals surface area contributed by atoms with Crippen molar-refractivity contribution in [2.45, 2.75) is 60.0 Å². The molecule has 0 unspecified atom stereocenters. The summed E-state index contributed by atoms with van der Waals surface area (Å²) in [5, 5.41) is 0. The van der Waals surface area contributed by atoms with Gasteiger partial charge in [0.05, 0.1) is 29.4 Å². The van der Waals surface area contributed by atoms with E-state index in [1.807, 2.05) is 36.1 Å². The van der Waals surface area contributed by atoms with Crippen LogP contribution in [0.1, 0.15) is 44.6 Å². The van der Waals surface area contributed by atoms with Crippen LogP contribution in [0.25, 0.3) is 11.0 Å². The van der Waals surface area contributed by atoms with Crippen molar-refractivity contribution in [3.8, 4) is 0 Å². The quantitative estimate of drug-likeness (QED) is 0.479. The van der Waals surface area contributed by atoms with E-state index in [1.54, 1.807) is 7.11 Å². The van der Waals surface area contributed by atoms with Crippen LogP contribution in [0.3, 0.4) is 0 Å². The molecule has 0 aliphatic rings. The normalized spacial score (nSPS) is 12.5. The number of hydrogen-bond donors (Lipinski definition) is 0. The number of imidazole rings is 1. The van der Waals surface area contributed by atoms with E-state index >= 15 is 0 Å². The zero-order valence-corrected chi connectivity index (χ0v) is 19.7. The third-order valence-electron chi connectivity index (χ3n) is 5.68. The van der Waals surface area contributed by atoms with E-state index in [9.17, 15) is 4.79 Å². The Hall–Kier alpha value is -2.66. The van der Waals surface area contributed by atoms with Gasteiger partial charge in [-0.05, 0) is 49.4 Å². The molecule has 0 aliphatic carbocycles. The number of ether oxygens (including phenoxy) is 1. The summed E-state index contributed by atoms with van der Waals surface area (Å²) in [6.45, 7) is 11.4.